The second kappa shape index (κ2) is 10.6. The molecule has 0 aliphatic heterocycles. The SMILES string of the molecule is C=C1CC(NC(=O)c2cccc(-c3cc4c(C(=O)NC)c(-c5ccc(F)cc5)oc4cc3CC(=O)NC)c2)C1. The molecular weight excluding hydrogens is 497 g/mol. The molecule has 0 bridgehead atoms. The number of hydrogen-bond donors (Lipinski definition) is 3. The average Bonchev–Trinajstić information content (AvgIpc) is 3.30. The van der Waals surface area contributed by atoms with Crippen LogP contribution in [0.15, 0.2) is 77.2 Å². The maximum Gasteiger partial charge on any atom is 0.255 e. The average molecular weight is 526 g/mol. The van der Waals surface area contributed by atoms with Crippen molar-refractivity contribution < 1.29 is 23.2 Å². The van der Waals surface area contributed by atoms with E-state index in [1.807, 2.05) is 12.1 Å². The summed E-state index contributed by atoms with van der Waals surface area (Å²) in [6.07, 6.45) is 1.61. The zero-order valence-electron chi connectivity index (χ0n) is 21.7. The van der Waals surface area contributed by atoms with Crippen LogP contribution in [0.2, 0.25) is 0 Å². The predicted octanol–water partition coefficient (Wildman–Crippen LogP) is 5.00. The molecule has 1 aliphatic rings. The molecule has 1 saturated carbocycles. The van der Waals surface area contributed by atoms with Crippen molar-refractivity contribution in [2.75, 3.05) is 14.1 Å². The highest BCUT2D eigenvalue weighted by Crippen LogP contribution is 2.38. The summed E-state index contributed by atoms with van der Waals surface area (Å²) in [5, 5.41) is 8.86. The van der Waals surface area contributed by atoms with Crippen LogP contribution in [0, 0.1) is 5.82 Å². The lowest BCUT2D eigenvalue weighted by Gasteiger charge is -2.29. The molecule has 1 aromatic heterocycles. The van der Waals surface area contributed by atoms with E-state index in [0.717, 1.165) is 18.4 Å². The van der Waals surface area contributed by atoms with Crippen LogP contribution in [0.4, 0.5) is 4.39 Å². The summed E-state index contributed by atoms with van der Waals surface area (Å²) in [7, 11) is 3.08. The van der Waals surface area contributed by atoms with Crippen LogP contribution in [0.25, 0.3) is 33.4 Å². The predicted molar refractivity (Wildman–Crippen MR) is 148 cm³/mol. The fourth-order valence-electron chi connectivity index (χ4n) is 4.85. The number of amides is 3. The molecule has 0 radical (unpaired) electrons. The molecule has 3 amide bonds. The first-order valence-corrected chi connectivity index (χ1v) is 12.6. The van der Waals surface area contributed by atoms with Crippen LogP contribution in [0.3, 0.4) is 0 Å². The number of fused-ring (bicyclic) bond motifs is 1. The maximum atomic E-state index is 13.6. The van der Waals surface area contributed by atoms with Crippen LogP contribution in [-0.4, -0.2) is 37.9 Å². The molecule has 0 unspecified atom stereocenters. The molecule has 1 aliphatic carbocycles. The van der Waals surface area contributed by atoms with Crippen LogP contribution >= 0.6 is 0 Å². The Morgan fingerprint density at radius 3 is 2.36 bits per heavy atom. The van der Waals surface area contributed by atoms with Crippen molar-refractivity contribution in [1.29, 1.82) is 0 Å². The number of carbonyl (C=O) groups excluding carboxylic acids is 3. The molecule has 0 saturated heterocycles. The Hall–Kier alpha value is -4.72. The molecule has 198 valence electrons. The normalized spacial score (nSPS) is 13.2. The van der Waals surface area contributed by atoms with Crippen molar-refractivity contribution in [1.82, 2.24) is 16.0 Å². The van der Waals surface area contributed by atoms with Crippen molar-refractivity contribution in [3.05, 3.63) is 95.3 Å². The van der Waals surface area contributed by atoms with Crippen molar-refractivity contribution in [2.24, 2.45) is 0 Å². The lowest BCUT2D eigenvalue weighted by molar-refractivity contribution is -0.119. The first kappa shape index (κ1) is 25.9. The first-order valence-electron chi connectivity index (χ1n) is 12.6. The monoisotopic (exact) mass is 525 g/mol. The van der Waals surface area contributed by atoms with E-state index in [1.165, 1.54) is 19.2 Å². The molecular formula is C31H28FN3O4. The Balaban J connectivity index is 1.65. The van der Waals surface area contributed by atoms with Crippen LogP contribution in [-0.2, 0) is 11.2 Å². The van der Waals surface area contributed by atoms with E-state index < -0.39 is 5.82 Å². The zero-order valence-corrected chi connectivity index (χ0v) is 21.7. The fourth-order valence-corrected chi connectivity index (χ4v) is 4.85. The van der Waals surface area contributed by atoms with E-state index in [0.29, 0.717) is 50.1 Å². The van der Waals surface area contributed by atoms with E-state index in [-0.39, 0.29) is 30.2 Å². The van der Waals surface area contributed by atoms with Gasteiger partial charge in [0.1, 0.15) is 17.2 Å². The van der Waals surface area contributed by atoms with Crippen molar-refractivity contribution in [2.45, 2.75) is 25.3 Å². The molecule has 5 rings (SSSR count). The van der Waals surface area contributed by atoms with Crippen LogP contribution < -0.4 is 16.0 Å². The Morgan fingerprint density at radius 1 is 0.949 bits per heavy atom. The van der Waals surface area contributed by atoms with Crippen molar-refractivity contribution in [3.63, 3.8) is 0 Å². The smallest absolute Gasteiger partial charge is 0.255 e. The van der Waals surface area contributed by atoms with Gasteiger partial charge in [-0.3, -0.25) is 14.4 Å². The molecule has 1 fully saturated rings. The molecule has 1 heterocycles. The van der Waals surface area contributed by atoms with E-state index >= 15 is 0 Å². The minimum absolute atomic E-state index is 0.0598. The van der Waals surface area contributed by atoms with Gasteiger partial charge in [0.2, 0.25) is 5.91 Å². The molecule has 4 aromatic rings. The number of furan rings is 1. The standard InChI is InChI=1S/C31H28FN3O4/c1-17-11-23(12-17)35-30(37)20-6-4-5-19(13-20)24-16-25-26(14-21(24)15-27(36)33-2)39-29(28(25)31(38)34-3)18-7-9-22(32)10-8-18/h4-10,13-14,16,23H,1,11-12,15H2,2-3H3,(H,33,36)(H,34,38)(H,35,37). The number of nitrogens with one attached hydrogen (secondary N) is 3. The topological polar surface area (TPSA) is 100 Å². The number of halogens is 1. The van der Waals surface area contributed by atoms with E-state index in [1.54, 1.807) is 43.4 Å². The van der Waals surface area contributed by atoms with Gasteiger partial charge in [0.25, 0.3) is 11.8 Å². The Kier molecular flexibility index (Phi) is 7.02. The van der Waals surface area contributed by atoms with Gasteiger partial charge in [-0.2, -0.15) is 0 Å². The largest absolute Gasteiger partial charge is 0.455 e. The highest BCUT2D eigenvalue weighted by atomic mass is 19.1. The Morgan fingerprint density at radius 2 is 1.69 bits per heavy atom. The van der Waals surface area contributed by atoms with Gasteiger partial charge in [-0.15, -0.1) is 0 Å². The summed E-state index contributed by atoms with van der Waals surface area (Å²) < 4.78 is 19.7. The second-order valence-electron chi connectivity index (χ2n) is 9.66. The van der Waals surface area contributed by atoms with Crippen LogP contribution in [0.1, 0.15) is 39.1 Å². The first-order chi connectivity index (χ1) is 18.8. The van der Waals surface area contributed by atoms with Gasteiger partial charge < -0.3 is 20.4 Å². The van der Waals surface area contributed by atoms with E-state index in [9.17, 15) is 18.8 Å². The van der Waals surface area contributed by atoms with Crippen molar-refractivity contribution >= 4 is 28.7 Å². The van der Waals surface area contributed by atoms with Gasteiger partial charge in [-0.25, -0.2) is 4.39 Å². The van der Waals surface area contributed by atoms with Crippen molar-refractivity contribution in [3.8, 4) is 22.5 Å². The summed E-state index contributed by atoms with van der Waals surface area (Å²) in [5.74, 6) is -0.864. The second-order valence-corrected chi connectivity index (χ2v) is 9.66. The number of carbonyl (C=O) groups is 3. The van der Waals surface area contributed by atoms with Gasteiger partial charge >= 0.3 is 0 Å². The highest BCUT2D eigenvalue weighted by molar-refractivity contribution is 6.12. The number of likely N-dealkylation sites (N-methyl/N-ethyl adjacent to an activating group) is 1. The third kappa shape index (κ3) is 5.18. The Labute approximate surface area is 225 Å². The summed E-state index contributed by atoms with van der Waals surface area (Å²) >= 11 is 0. The van der Waals surface area contributed by atoms with Gasteiger partial charge in [-0.1, -0.05) is 24.3 Å². The minimum Gasteiger partial charge on any atom is -0.455 e. The number of rotatable bonds is 7. The zero-order chi connectivity index (χ0) is 27.7. The lowest BCUT2D eigenvalue weighted by atomic mass is 9.87. The van der Waals surface area contributed by atoms with Gasteiger partial charge in [0.05, 0.1) is 12.0 Å². The lowest BCUT2D eigenvalue weighted by Crippen LogP contribution is -2.40. The maximum absolute atomic E-state index is 13.6. The van der Waals surface area contributed by atoms with E-state index in [4.69, 9.17) is 4.42 Å². The molecule has 7 nitrogen and oxygen atoms in total. The quantitative estimate of drug-likeness (QED) is 0.296. The van der Waals surface area contributed by atoms with Gasteiger partial charge in [0, 0.05) is 36.7 Å². The Bertz CT molecular complexity index is 1610. The highest BCUT2D eigenvalue weighted by Gasteiger charge is 2.25. The summed E-state index contributed by atoms with van der Waals surface area (Å²) in [4.78, 5) is 38.4. The molecule has 3 N–H and O–H groups in total. The molecule has 8 heteroatoms. The summed E-state index contributed by atoms with van der Waals surface area (Å²) in [5.41, 5.74) is 4.93. The molecule has 3 aromatic carbocycles. The van der Waals surface area contributed by atoms with Gasteiger partial charge in [0.15, 0.2) is 0 Å². The van der Waals surface area contributed by atoms with E-state index in [2.05, 4.69) is 22.5 Å². The third-order valence-corrected chi connectivity index (χ3v) is 6.95. The molecule has 39 heavy (non-hydrogen) atoms. The summed E-state index contributed by atoms with van der Waals surface area (Å²) in [6.45, 7) is 3.92. The van der Waals surface area contributed by atoms with Crippen LogP contribution in [0.5, 0.6) is 0 Å². The summed E-state index contributed by atoms with van der Waals surface area (Å²) in [6, 6.07) is 16.5. The number of benzene rings is 3. The fraction of sp³-hybridized carbons (Fsp3) is 0.194. The minimum atomic E-state index is -0.405. The molecule has 0 spiro atoms. The third-order valence-electron chi connectivity index (χ3n) is 6.95. The molecule has 0 atom stereocenters. The number of hydrogen-bond acceptors (Lipinski definition) is 4. The van der Waals surface area contributed by atoms with Gasteiger partial charge in [-0.05, 0) is 78.1 Å².